The average molecular weight is 275 g/mol. The minimum absolute atomic E-state index is 0.199. The molecule has 1 aromatic rings. The zero-order valence-corrected chi connectivity index (χ0v) is 13.0. The van der Waals surface area contributed by atoms with Crippen molar-refractivity contribution in [3.8, 4) is 0 Å². The van der Waals surface area contributed by atoms with Crippen LogP contribution in [0.5, 0.6) is 0 Å². The fraction of sp³-hybridized carbons (Fsp3) is 0.667. The zero-order chi connectivity index (χ0) is 14.2. The molecule has 0 spiro atoms. The molecule has 1 saturated carbocycles. The summed E-state index contributed by atoms with van der Waals surface area (Å²) in [6.45, 7) is 6.35. The number of hydrogen-bond acceptors (Lipinski definition) is 2. The van der Waals surface area contributed by atoms with E-state index in [2.05, 4.69) is 43.4 Å². The van der Waals surface area contributed by atoms with Gasteiger partial charge in [-0.15, -0.1) is 0 Å². The largest absolute Gasteiger partial charge is 0.369 e. The van der Waals surface area contributed by atoms with Gasteiger partial charge in [0.1, 0.15) is 0 Å². The van der Waals surface area contributed by atoms with Crippen molar-refractivity contribution in [2.24, 2.45) is 0 Å². The van der Waals surface area contributed by atoms with Crippen LogP contribution < -0.4 is 5.32 Å². The first-order valence-corrected chi connectivity index (χ1v) is 8.22. The molecule has 1 aliphatic carbocycles. The maximum Gasteiger partial charge on any atom is 0.0953 e. The number of ether oxygens (including phenoxy) is 1. The molecule has 2 nitrogen and oxygen atoms in total. The van der Waals surface area contributed by atoms with Gasteiger partial charge in [0.15, 0.2) is 0 Å². The molecule has 1 aliphatic rings. The quantitative estimate of drug-likeness (QED) is 0.745. The summed E-state index contributed by atoms with van der Waals surface area (Å²) >= 11 is 0. The molecule has 1 unspecified atom stereocenters. The first kappa shape index (κ1) is 15.5. The smallest absolute Gasteiger partial charge is 0.0953 e. The van der Waals surface area contributed by atoms with E-state index >= 15 is 0 Å². The number of nitrogens with one attached hydrogen (secondary N) is 1. The van der Waals surface area contributed by atoms with Crippen molar-refractivity contribution in [1.82, 2.24) is 5.32 Å². The lowest BCUT2D eigenvalue weighted by Gasteiger charge is -2.28. The van der Waals surface area contributed by atoms with Crippen LogP contribution in [0.3, 0.4) is 0 Å². The molecule has 1 aromatic carbocycles. The van der Waals surface area contributed by atoms with E-state index in [1.165, 1.54) is 49.7 Å². The summed E-state index contributed by atoms with van der Waals surface area (Å²) in [6, 6.07) is 8.76. The van der Waals surface area contributed by atoms with Gasteiger partial charge in [-0.2, -0.15) is 0 Å². The standard InChI is InChI=1S/C18H29NO/c1-3-12-19-14-18(16-9-7-8-15(2)13-16)20-17-10-5-4-6-11-17/h7-9,13,17-19H,3-6,10-12,14H2,1-2H3. The Morgan fingerprint density at radius 2 is 2.05 bits per heavy atom. The van der Waals surface area contributed by atoms with Gasteiger partial charge in [-0.3, -0.25) is 0 Å². The lowest BCUT2D eigenvalue weighted by Crippen LogP contribution is -2.28. The van der Waals surface area contributed by atoms with Gasteiger partial charge in [-0.05, 0) is 38.3 Å². The molecule has 0 saturated heterocycles. The maximum atomic E-state index is 6.42. The molecule has 0 bridgehead atoms. The molecule has 0 radical (unpaired) electrons. The predicted octanol–water partition coefficient (Wildman–Crippen LogP) is 4.39. The van der Waals surface area contributed by atoms with Crippen molar-refractivity contribution in [3.63, 3.8) is 0 Å². The van der Waals surface area contributed by atoms with Gasteiger partial charge in [0.05, 0.1) is 12.2 Å². The zero-order valence-electron chi connectivity index (χ0n) is 13.0. The number of hydrogen-bond donors (Lipinski definition) is 1. The van der Waals surface area contributed by atoms with Gasteiger partial charge in [-0.25, -0.2) is 0 Å². The fourth-order valence-electron chi connectivity index (χ4n) is 2.96. The molecule has 1 fully saturated rings. The van der Waals surface area contributed by atoms with Crippen molar-refractivity contribution in [1.29, 1.82) is 0 Å². The molecular weight excluding hydrogens is 246 g/mol. The van der Waals surface area contributed by atoms with Gasteiger partial charge in [0.25, 0.3) is 0 Å². The highest BCUT2D eigenvalue weighted by Gasteiger charge is 2.20. The van der Waals surface area contributed by atoms with E-state index in [4.69, 9.17) is 4.74 Å². The second kappa shape index (κ2) is 8.43. The molecule has 20 heavy (non-hydrogen) atoms. The van der Waals surface area contributed by atoms with Crippen molar-refractivity contribution in [2.45, 2.75) is 64.6 Å². The van der Waals surface area contributed by atoms with Gasteiger partial charge >= 0.3 is 0 Å². The van der Waals surface area contributed by atoms with Crippen molar-refractivity contribution in [3.05, 3.63) is 35.4 Å². The highest BCUT2D eigenvalue weighted by molar-refractivity contribution is 5.24. The molecule has 1 atom stereocenters. The Balaban J connectivity index is 1.99. The van der Waals surface area contributed by atoms with Crippen LogP contribution in [0.15, 0.2) is 24.3 Å². The van der Waals surface area contributed by atoms with E-state index in [0.717, 1.165) is 13.1 Å². The van der Waals surface area contributed by atoms with Crippen LogP contribution in [-0.4, -0.2) is 19.2 Å². The second-order valence-corrected chi connectivity index (χ2v) is 6.00. The Morgan fingerprint density at radius 1 is 1.25 bits per heavy atom. The minimum Gasteiger partial charge on any atom is -0.369 e. The van der Waals surface area contributed by atoms with Crippen LogP contribution in [0.2, 0.25) is 0 Å². The third kappa shape index (κ3) is 4.92. The van der Waals surface area contributed by atoms with Crippen LogP contribution in [0.1, 0.15) is 62.7 Å². The Morgan fingerprint density at radius 3 is 2.75 bits per heavy atom. The number of aryl methyl sites for hydroxylation is 1. The SMILES string of the molecule is CCCNCC(OC1CCCCC1)c1cccc(C)c1. The van der Waals surface area contributed by atoms with Crippen molar-refractivity contribution < 1.29 is 4.74 Å². The van der Waals surface area contributed by atoms with Gasteiger partial charge in [0.2, 0.25) is 0 Å². The third-order valence-corrected chi connectivity index (χ3v) is 4.08. The van der Waals surface area contributed by atoms with Gasteiger partial charge in [0, 0.05) is 6.54 Å². The van der Waals surface area contributed by atoms with Crippen LogP contribution in [-0.2, 0) is 4.74 Å². The van der Waals surface area contributed by atoms with E-state index in [0.29, 0.717) is 6.10 Å². The highest BCUT2D eigenvalue weighted by atomic mass is 16.5. The molecule has 2 heteroatoms. The highest BCUT2D eigenvalue weighted by Crippen LogP contribution is 2.27. The first-order chi connectivity index (χ1) is 9.79. The summed E-state index contributed by atoms with van der Waals surface area (Å²) in [7, 11) is 0. The molecular formula is C18H29NO. The van der Waals surface area contributed by atoms with Crippen molar-refractivity contribution in [2.75, 3.05) is 13.1 Å². The molecule has 2 rings (SSSR count). The normalized spacial score (nSPS) is 18.1. The van der Waals surface area contributed by atoms with Gasteiger partial charge < -0.3 is 10.1 Å². The summed E-state index contributed by atoms with van der Waals surface area (Å²) in [5.74, 6) is 0. The Labute approximate surface area is 123 Å². The summed E-state index contributed by atoms with van der Waals surface area (Å²) in [5, 5.41) is 3.52. The number of benzene rings is 1. The van der Waals surface area contributed by atoms with E-state index in [9.17, 15) is 0 Å². The summed E-state index contributed by atoms with van der Waals surface area (Å²) in [6.07, 6.45) is 8.32. The second-order valence-electron chi connectivity index (χ2n) is 6.00. The molecule has 112 valence electrons. The predicted molar refractivity (Wildman–Crippen MR) is 85.0 cm³/mol. The molecule has 0 heterocycles. The van der Waals surface area contributed by atoms with E-state index in [1.807, 2.05) is 0 Å². The van der Waals surface area contributed by atoms with Crippen LogP contribution in [0.25, 0.3) is 0 Å². The summed E-state index contributed by atoms with van der Waals surface area (Å²) in [5.41, 5.74) is 2.63. The average Bonchev–Trinajstić information content (AvgIpc) is 2.47. The Kier molecular flexibility index (Phi) is 6.55. The Hall–Kier alpha value is -0.860. The van der Waals surface area contributed by atoms with E-state index in [1.54, 1.807) is 0 Å². The lowest BCUT2D eigenvalue weighted by atomic mass is 9.97. The number of rotatable bonds is 7. The van der Waals surface area contributed by atoms with Gasteiger partial charge in [-0.1, -0.05) is 56.0 Å². The Bertz CT molecular complexity index is 385. The molecule has 1 N–H and O–H groups in total. The van der Waals surface area contributed by atoms with Crippen LogP contribution >= 0.6 is 0 Å². The summed E-state index contributed by atoms with van der Waals surface area (Å²) < 4.78 is 6.42. The van der Waals surface area contributed by atoms with Crippen LogP contribution in [0.4, 0.5) is 0 Å². The maximum absolute atomic E-state index is 6.42. The molecule has 0 amide bonds. The topological polar surface area (TPSA) is 21.3 Å². The minimum atomic E-state index is 0.199. The monoisotopic (exact) mass is 275 g/mol. The lowest BCUT2D eigenvalue weighted by molar-refractivity contribution is -0.0305. The third-order valence-electron chi connectivity index (χ3n) is 4.08. The van der Waals surface area contributed by atoms with E-state index in [-0.39, 0.29) is 6.10 Å². The van der Waals surface area contributed by atoms with Crippen molar-refractivity contribution >= 4 is 0 Å². The molecule has 0 aromatic heterocycles. The summed E-state index contributed by atoms with van der Waals surface area (Å²) in [4.78, 5) is 0. The van der Waals surface area contributed by atoms with E-state index < -0.39 is 0 Å². The fourth-order valence-corrected chi connectivity index (χ4v) is 2.96. The first-order valence-electron chi connectivity index (χ1n) is 8.22. The molecule has 0 aliphatic heterocycles. The van der Waals surface area contributed by atoms with Crippen LogP contribution in [0, 0.1) is 6.92 Å².